The number of sulfonamides is 2. The molecule has 1 rings (SSSR count). The normalized spacial score (nSPS) is 12.8. The van der Waals surface area contributed by atoms with Crippen molar-refractivity contribution in [3.05, 3.63) is 6.33 Å². The maximum absolute atomic E-state index is 11.7. The number of anilines is 1. The number of nitrogen functional groups attached to an aromatic ring is 1. The standard InChI is InChI=1S/C6H13N5O4S2/c1-11-4-9-5(7)6(11)17(14,15)10-2-3-16(8,12)13/h4,10H,2-3,7H2,1H3,(H2,8,12,13). The first-order chi connectivity index (χ1) is 7.63. The summed E-state index contributed by atoms with van der Waals surface area (Å²) in [7, 11) is -6.16. The fourth-order valence-electron chi connectivity index (χ4n) is 1.15. The maximum atomic E-state index is 11.7. The highest BCUT2D eigenvalue weighted by Gasteiger charge is 2.22. The van der Waals surface area contributed by atoms with Crippen LogP contribution < -0.4 is 15.6 Å². The van der Waals surface area contributed by atoms with Gasteiger partial charge >= 0.3 is 0 Å². The highest BCUT2D eigenvalue weighted by atomic mass is 32.2. The number of nitrogens with two attached hydrogens (primary N) is 2. The number of aryl methyl sites for hydroxylation is 1. The van der Waals surface area contributed by atoms with Crippen LogP contribution in [0.4, 0.5) is 5.82 Å². The van der Waals surface area contributed by atoms with Crippen molar-refractivity contribution in [1.82, 2.24) is 14.3 Å². The fourth-order valence-corrected chi connectivity index (χ4v) is 2.93. The second kappa shape index (κ2) is 4.60. The Morgan fingerprint density at radius 3 is 2.41 bits per heavy atom. The van der Waals surface area contributed by atoms with Crippen LogP contribution in [0, 0.1) is 0 Å². The van der Waals surface area contributed by atoms with Gasteiger partial charge in [0.05, 0.1) is 12.1 Å². The van der Waals surface area contributed by atoms with E-state index in [1.807, 2.05) is 0 Å². The van der Waals surface area contributed by atoms with E-state index in [1.54, 1.807) is 0 Å². The van der Waals surface area contributed by atoms with Gasteiger partial charge in [0.2, 0.25) is 10.0 Å². The Labute approximate surface area is 98.9 Å². The first-order valence-corrected chi connectivity index (χ1v) is 7.60. The van der Waals surface area contributed by atoms with Gasteiger partial charge in [0.25, 0.3) is 10.0 Å². The molecular weight excluding hydrogens is 270 g/mol. The van der Waals surface area contributed by atoms with Gasteiger partial charge in [0, 0.05) is 13.6 Å². The van der Waals surface area contributed by atoms with Gasteiger partial charge in [-0.15, -0.1) is 0 Å². The van der Waals surface area contributed by atoms with Crippen molar-refractivity contribution in [1.29, 1.82) is 0 Å². The summed E-state index contributed by atoms with van der Waals surface area (Å²) in [5.41, 5.74) is 5.39. The van der Waals surface area contributed by atoms with Gasteiger partial charge in [-0.25, -0.2) is 31.7 Å². The molecule has 0 aliphatic rings. The van der Waals surface area contributed by atoms with E-state index in [0.717, 1.165) is 0 Å². The highest BCUT2D eigenvalue weighted by Crippen LogP contribution is 2.14. The average Bonchev–Trinajstić information content (AvgIpc) is 2.43. The lowest BCUT2D eigenvalue weighted by atomic mass is 10.8. The van der Waals surface area contributed by atoms with Crippen LogP contribution in [0.25, 0.3) is 0 Å². The third kappa shape index (κ3) is 3.66. The van der Waals surface area contributed by atoms with Crippen molar-refractivity contribution in [2.75, 3.05) is 18.0 Å². The summed E-state index contributed by atoms with van der Waals surface area (Å²) in [5, 5.41) is 4.52. The Morgan fingerprint density at radius 2 is 2.00 bits per heavy atom. The van der Waals surface area contributed by atoms with Crippen LogP contribution in [0.2, 0.25) is 0 Å². The molecule has 11 heteroatoms. The molecule has 0 unspecified atom stereocenters. The minimum absolute atomic E-state index is 0.157. The number of hydrogen-bond acceptors (Lipinski definition) is 6. The van der Waals surface area contributed by atoms with Crippen LogP contribution >= 0.6 is 0 Å². The lowest BCUT2D eigenvalue weighted by molar-refractivity contribution is 0.572. The molecule has 0 saturated heterocycles. The van der Waals surface area contributed by atoms with Crippen molar-refractivity contribution in [3.8, 4) is 0 Å². The third-order valence-corrected chi connectivity index (χ3v) is 4.21. The zero-order valence-electron chi connectivity index (χ0n) is 8.99. The molecule has 0 atom stereocenters. The second-order valence-corrected chi connectivity index (χ2v) is 6.73. The molecule has 9 nitrogen and oxygen atoms in total. The van der Waals surface area contributed by atoms with Crippen molar-refractivity contribution in [3.63, 3.8) is 0 Å². The molecule has 0 aliphatic heterocycles. The summed E-state index contributed by atoms with van der Waals surface area (Å²) in [6, 6.07) is 0. The number of imidazole rings is 1. The van der Waals surface area contributed by atoms with Gasteiger partial charge in [-0.3, -0.25) is 0 Å². The zero-order chi connectivity index (χ0) is 13.3. The predicted molar refractivity (Wildman–Crippen MR) is 60.8 cm³/mol. The summed E-state index contributed by atoms with van der Waals surface area (Å²) < 4.78 is 48.0. The van der Waals surface area contributed by atoms with E-state index in [9.17, 15) is 16.8 Å². The quantitative estimate of drug-likeness (QED) is 0.546. The van der Waals surface area contributed by atoms with E-state index in [-0.39, 0.29) is 17.4 Å². The number of hydrogen-bond donors (Lipinski definition) is 3. The molecule has 17 heavy (non-hydrogen) atoms. The van der Waals surface area contributed by atoms with Crippen LogP contribution in [-0.2, 0) is 27.1 Å². The monoisotopic (exact) mass is 283 g/mol. The first-order valence-electron chi connectivity index (χ1n) is 4.40. The molecule has 0 amide bonds. The Hall–Kier alpha value is -1.17. The molecule has 0 spiro atoms. The largest absolute Gasteiger partial charge is 0.381 e. The number of rotatable bonds is 5. The Balaban J connectivity index is 2.84. The molecule has 0 bridgehead atoms. The van der Waals surface area contributed by atoms with Gasteiger partial charge in [-0.1, -0.05) is 0 Å². The summed E-state index contributed by atoms with van der Waals surface area (Å²) in [6.07, 6.45) is 1.24. The highest BCUT2D eigenvalue weighted by molar-refractivity contribution is 7.90. The summed E-state index contributed by atoms with van der Waals surface area (Å²) in [4.78, 5) is 3.62. The smallest absolute Gasteiger partial charge is 0.260 e. The topological polar surface area (TPSA) is 150 Å². The van der Waals surface area contributed by atoms with E-state index in [1.165, 1.54) is 17.9 Å². The molecule has 1 aromatic rings. The Kier molecular flexibility index (Phi) is 3.76. The molecule has 98 valence electrons. The molecule has 1 aromatic heterocycles. The van der Waals surface area contributed by atoms with Crippen molar-refractivity contribution in [2.24, 2.45) is 12.2 Å². The lowest BCUT2D eigenvalue weighted by Crippen LogP contribution is -2.32. The molecule has 1 heterocycles. The average molecular weight is 283 g/mol. The Bertz CT molecular complexity index is 583. The predicted octanol–water partition coefficient (Wildman–Crippen LogP) is -2.43. The maximum Gasteiger partial charge on any atom is 0.260 e. The van der Waals surface area contributed by atoms with E-state index < -0.39 is 25.8 Å². The molecule has 0 saturated carbocycles. The van der Waals surface area contributed by atoms with Gasteiger partial charge < -0.3 is 10.3 Å². The van der Waals surface area contributed by atoms with Crippen LogP contribution in [0.3, 0.4) is 0 Å². The second-order valence-electron chi connectivity index (χ2n) is 3.31. The van der Waals surface area contributed by atoms with Gasteiger partial charge in [-0.2, -0.15) is 0 Å². The van der Waals surface area contributed by atoms with E-state index >= 15 is 0 Å². The molecular formula is C6H13N5O4S2. The van der Waals surface area contributed by atoms with E-state index in [4.69, 9.17) is 10.9 Å². The van der Waals surface area contributed by atoms with Crippen molar-refractivity contribution in [2.45, 2.75) is 5.03 Å². The molecule has 0 radical (unpaired) electrons. The molecule has 0 fully saturated rings. The van der Waals surface area contributed by atoms with E-state index in [0.29, 0.717) is 0 Å². The lowest BCUT2D eigenvalue weighted by Gasteiger charge is -2.06. The summed E-state index contributed by atoms with van der Waals surface area (Å²) in [6.45, 7) is -0.328. The minimum Gasteiger partial charge on any atom is -0.381 e. The van der Waals surface area contributed by atoms with E-state index in [2.05, 4.69) is 9.71 Å². The zero-order valence-corrected chi connectivity index (χ0v) is 10.6. The Morgan fingerprint density at radius 1 is 1.41 bits per heavy atom. The minimum atomic E-state index is -3.90. The summed E-state index contributed by atoms with van der Waals surface area (Å²) >= 11 is 0. The van der Waals surface area contributed by atoms with Crippen LogP contribution in [0.15, 0.2) is 11.4 Å². The number of primary sulfonamides is 1. The number of nitrogens with zero attached hydrogens (tertiary/aromatic N) is 2. The van der Waals surface area contributed by atoms with Crippen molar-refractivity contribution >= 4 is 25.9 Å². The van der Waals surface area contributed by atoms with Crippen LogP contribution in [-0.4, -0.2) is 38.7 Å². The molecule has 0 aliphatic carbocycles. The van der Waals surface area contributed by atoms with Crippen molar-refractivity contribution < 1.29 is 16.8 Å². The fraction of sp³-hybridized carbons (Fsp3) is 0.500. The van der Waals surface area contributed by atoms with Gasteiger partial charge in [-0.05, 0) is 0 Å². The van der Waals surface area contributed by atoms with Crippen LogP contribution in [0.1, 0.15) is 0 Å². The first kappa shape index (κ1) is 13.9. The number of nitrogens with one attached hydrogen (secondary N) is 1. The number of aromatic nitrogens is 2. The third-order valence-electron chi connectivity index (χ3n) is 1.84. The van der Waals surface area contributed by atoms with Crippen LogP contribution in [0.5, 0.6) is 0 Å². The molecule has 5 N–H and O–H groups in total. The SMILES string of the molecule is Cn1cnc(N)c1S(=O)(=O)NCCS(N)(=O)=O. The molecule has 0 aromatic carbocycles. The van der Waals surface area contributed by atoms with Gasteiger partial charge in [0.15, 0.2) is 10.8 Å². The summed E-state index contributed by atoms with van der Waals surface area (Å²) in [5.74, 6) is -0.653. The van der Waals surface area contributed by atoms with Gasteiger partial charge in [0.1, 0.15) is 0 Å².